The van der Waals surface area contributed by atoms with Gasteiger partial charge >= 0.3 is 6.01 Å². The normalized spacial score (nSPS) is 11.4. The summed E-state index contributed by atoms with van der Waals surface area (Å²) in [5, 5.41) is 11.1. The van der Waals surface area contributed by atoms with E-state index in [0.717, 1.165) is 5.39 Å². The van der Waals surface area contributed by atoms with Crippen LogP contribution in [0.4, 0.5) is 11.7 Å². The molecule has 5 aromatic rings. The number of carbonyl (C=O) groups excluding carboxylic acids is 1. The molecule has 1 N–H and O–H groups in total. The van der Waals surface area contributed by atoms with Gasteiger partial charge in [0.2, 0.25) is 0 Å². The van der Waals surface area contributed by atoms with Gasteiger partial charge in [-0.2, -0.15) is 0 Å². The fourth-order valence-corrected chi connectivity index (χ4v) is 4.86. The number of carbonyl (C=O) groups is 1. The second-order valence-corrected chi connectivity index (χ2v) is 9.89. The smallest absolute Gasteiger partial charge is 0.322 e. The van der Waals surface area contributed by atoms with E-state index in [9.17, 15) is 13.2 Å². The van der Waals surface area contributed by atoms with Crippen LogP contribution in [-0.2, 0) is 10.0 Å². The number of amides is 1. The SMILES string of the molecule is CCOc1cccc2cc(-c3nnc(NC(=O)c4ccc(S(=O)(=O)N(C)c5ccccc5)cc4)o3)oc12. The molecule has 0 saturated carbocycles. The molecule has 0 fully saturated rings. The number of nitrogens with one attached hydrogen (secondary N) is 1. The maximum atomic E-state index is 12.9. The minimum absolute atomic E-state index is 0.0480. The Morgan fingerprint density at radius 2 is 1.73 bits per heavy atom. The lowest BCUT2D eigenvalue weighted by atomic mass is 10.2. The van der Waals surface area contributed by atoms with E-state index in [1.165, 1.54) is 35.6 Å². The third kappa shape index (κ3) is 4.76. The minimum Gasteiger partial charge on any atom is -0.490 e. The summed E-state index contributed by atoms with van der Waals surface area (Å²) < 4.78 is 44.0. The van der Waals surface area contributed by atoms with Crippen LogP contribution in [0.25, 0.3) is 22.6 Å². The fraction of sp³-hybridized carbons (Fsp3) is 0.115. The van der Waals surface area contributed by atoms with Crippen molar-refractivity contribution < 1.29 is 26.8 Å². The molecule has 1 amide bonds. The van der Waals surface area contributed by atoms with Crippen LogP contribution in [0.3, 0.4) is 0 Å². The third-order valence-corrected chi connectivity index (χ3v) is 7.36. The van der Waals surface area contributed by atoms with E-state index in [2.05, 4.69) is 15.5 Å². The molecule has 0 aliphatic heterocycles. The number of ether oxygens (including phenoxy) is 1. The van der Waals surface area contributed by atoms with Crippen molar-refractivity contribution in [3.8, 4) is 17.4 Å². The zero-order chi connectivity index (χ0) is 26.0. The van der Waals surface area contributed by atoms with Crippen molar-refractivity contribution in [1.29, 1.82) is 0 Å². The van der Waals surface area contributed by atoms with Gasteiger partial charge in [0.25, 0.3) is 21.8 Å². The first-order valence-electron chi connectivity index (χ1n) is 11.3. The molecular weight excluding hydrogens is 496 g/mol. The number of furan rings is 1. The van der Waals surface area contributed by atoms with E-state index in [-0.39, 0.29) is 22.4 Å². The Labute approximate surface area is 212 Å². The molecule has 10 nitrogen and oxygen atoms in total. The standard InChI is InChI=1S/C26H22N4O6S/c1-3-34-21-11-7-8-18-16-22(35-23(18)21)25-28-29-26(36-25)27-24(31)17-12-14-20(15-13-17)37(32,33)30(2)19-9-5-4-6-10-19/h4-16H,3H2,1-2H3,(H,27,29,31). The Bertz CT molecular complexity index is 1660. The molecule has 0 aliphatic carbocycles. The highest BCUT2D eigenvalue weighted by atomic mass is 32.2. The number of rotatable bonds is 8. The van der Waals surface area contributed by atoms with Crippen LogP contribution in [0.15, 0.2) is 92.6 Å². The predicted molar refractivity (Wildman–Crippen MR) is 137 cm³/mol. The molecule has 0 unspecified atom stereocenters. The summed E-state index contributed by atoms with van der Waals surface area (Å²) in [4.78, 5) is 12.7. The summed E-state index contributed by atoms with van der Waals surface area (Å²) in [5.74, 6) is 0.463. The van der Waals surface area contributed by atoms with Crippen molar-refractivity contribution >= 4 is 38.6 Å². The van der Waals surface area contributed by atoms with Crippen LogP contribution in [0.2, 0.25) is 0 Å². The Balaban J connectivity index is 1.30. The predicted octanol–water partition coefficient (Wildman–Crippen LogP) is 4.96. The molecule has 0 bridgehead atoms. The van der Waals surface area contributed by atoms with E-state index in [0.29, 0.717) is 29.4 Å². The zero-order valence-corrected chi connectivity index (χ0v) is 20.7. The summed E-state index contributed by atoms with van der Waals surface area (Å²) in [6, 6.07) is 21.4. The van der Waals surface area contributed by atoms with Gasteiger partial charge in [0, 0.05) is 18.0 Å². The number of sulfonamides is 1. The number of hydrogen-bond acceptors (Lipinski definition) is 8. The average Bonchev–Trinajstić information content (AvgIpc) is 3.56. The Morgan fingerprint density at radius 3 is 2.46 bits per heavy atom. The molecule has 0 saturated heterocycles. The van der Waals surface area contributed by atoms with Crippen LogP contribution in [0.1, 0.15) is 17.3 Å². The highest BCUT2D eigenvalue weighted by molar-refractivity contribution is 7.92. The highest BCUT2D eigenvalue weighted by Gasteiger charge is 2.22. The van der Waals surface area contributed by atoms with Crippen LogP contribution in [-0.4, -0.2) is 38.2 Å². The van der Waals surface area contributed by atoms with Crippen molar-refractivity contribution in [3.05, 3.63) is 84.4 Å². The molecule has 37 heavy (non-hydrogen) atoms. The average molecular weight is 519 g/mol. The number of para-hydroxylation sites is 2. The second-order valence-electron chi connectivity index (χ2n) is 7.92. The van der Waals surface area contributed by atoms with Gasteiger partial charge in [-0.1, -0.05) is 35.4 Å². The molecule has 2 heterocycles. The monoisotopic (exact) mass is 518 g/mol. The van der Waals surface area contributed by atoms with Crippen LogP contribution >= 0.6 is 0 Å². The Hall–Kier alpha value is -4.64. The quantitative estimate of drug-likeness (QED) is 0.305. The molecule has 11 heteroatoms. The van der Waals surface area contributed by atoms with Gasteiger partial charge in [0.1, 0.15) is 0 Å². The molecule has 3 aromatic carbocycles. The zero-order valence-electron chi connectivity index (χ0n) is 19.9. The maximum absolute atomic E-state index is 12.9. The van der Waals surface area contributed by atoms with E-state index in [1.807, 2.05) is 19.1 Å². The van der Waals surface area contributed by atoms with E-state index in [4.69, 9.17) is 13.6 Å². The van der Waals surface area contributed by atoms with Gasteiger partial charge in [-0.15, -0.1) is 5.10 Å². The topological polar surface area (TPSA) is 128 Å². The number of aromatic nitrogens is 2. The lowest BCUT2D eigenvalue weighted by Crippen LogP contribution is -2.26. The maximum Gasteiger partial charge on any atom is 0.322 e. The Morgan fingerprint density at radius 1 is 0.973 bits per heavy atom. The van der Waals surface area contributed by atoms with Crippen molar-refractivity contribution in [2.24, 2.45) is 0 Å². The second kappa shape index (κ2) is 9.78. The summed E-state index contributed by atoms with van der Waals surface area (Å²) in [6.45, 7) is 2.37. The van der Waals surface area contributed by atoms with Crippen molar-refractivity contribution in [1.82, 2.24) is 10.2 Å². The van der Waals surface area contributed by atoms with Gasteiger partial charge in [-0.05, 0) is 55.5 Å². The summed E-state index contributed by atoms with van der Waals surface area (Å²) >= 11 is 0. The lowest BCUT2D eigenvalue weighted by Gasteiger charge is -2.19. The van der Waals surface area contributed by atoms with Crippen LogP contribution in [0.5, 0.6) is 5.75 Å². The van der Waals surface area contributed by atoms with Gasteiger partial charge in [-0.25, -0.2) is 8.42 Å². The first kappa shape index (κ1) is 24.1. The minimum atomic E-state index is -3.80. The van der Waals surface area contributed by atoms with E-state index in [1.54, 1.807) is 42.5 Å². The summed E-state index contributed by atoms with van der Waals surface area (Å²) in [7, 11) is -2.33. The molecule has 5 rings (SSSR count). The third-order valence-electron chi connectivity index (χ3n) is 5.56. The number of nitrogens with zero attached hydrogens (tertiary/aromatic N) is 3. The van der Waals surface area contributed by atoms with E-state index < -0.39 is 15.9 Å². The fourth-order valence-electron chi connectivity index (χ4n) is 3.67. The van der Waals surface area contributed by atoms with Crippen molar-refractivity contribution in [2.45, 2.75) is 11.8 Å². The van der Waals surface area contributed by atoms with Gasteiger partial charge in [0.05, 0.1) is 17.2 Å². The van der Waals surface area contributed by atoms with Crippen LogP contribution < -0.4 is 14.4 Å². The van der Waals surface area contributed by atoms with Gasteiger partial charge in [0.15, 0.2) is 17.1 Å². The van der Waals surface area contributed by atoms with Gasteiger partial charge < -0.3 is 13.6 Å². The van der Waals surface area contributed by atoms with Crippen LogP contribution in [0, 0.1) is 0 Å². The lowest BCUT2D eigenvalue weighted by molar-refractivity contribution is 0.102. The number of fused-ring (bicyclic) bond motifs is 1. The van der Waals surface area contributed by atoms with Crippen molar-refractivity contribution in [2.75, 3.05) is 23.3 Å². The largest absolute Gasteiger partial charge is 0.490 e. The van der Waals surface area contributed by atoms with E-state index >= 15 is 0 Å². The summed E-state index contributed by atoms with van der Waals surface area (Å²) in [5.41, 5.74) is 1.29. The van der Waals surface area contributed by atoms with Crippen molar-refractivity contribution in [3.63, 3.8) is 0 Å². The molecule has 0 spiro atoms. The molecule has 0 aliphatic rings. The number of benzene rings is 3. The first-order chi connectivity index (χ1) is 17.9. The summed E-state index contributed by atoms with van der Waals surface area (Å²) in [6.07, 6.45) is 0. The molecule has 188 valence electrons. The molecule has 0 radical (unpaired) electrons. The van der Waals surface area contributed by atoms with Gasteiger partial charge in [-0.3, -0.25) is 14.4 Å². The molecule has 2 aromatic heterocycles. The first-order valence-corrected chi connectivity index (χ1v) is 12.8. The number of anilines is 2. The Kier molecular flexibility index (Phi) is 6.36. The molecule has 0 atom stereocenters. The number of hydrogen-bond donors (Lipinski definition) is 1. The molecular formula is C26H22N4O6S. The highest BCUT2D eigenvalue weighted by Crippen LogP contribution is 2.33.